The van der Waals surface area contributed by atoms with E-state index in [0.29, 0.717) is 17.1 Å². The van der Waals surface area contributed by atoms with E-state index in [2.05, 4.69) is 21.2 Å². The standard InChI is InChI=1S/C16H19BrN2O2/c1-10(2)19-9-12(17)8-14(19)16(20)18-13-7-11(3)5-6-15(13)21-4/h5-10H,1-4H3,(H,18,20). The normalized spacial score (nSPS) is 10.8. The van der Waals surface area contributed by atoms with Gasteiger partial charge in [-0.3, -0.25) is 4.79 Å². The number of anilines is 1. The number of benzene rings is 1. The number of ether oxygens (including phenoxy) is 1. The molecule has 0 unspecified atom stereocenters. The zero-order valence-electron chi connectivity index (χ0n) is 12.6. The lowest BCUT2D eigenvalue weighted by atomic mass is 10.2. The molecule has 112 valence electrons. The van der Waals surface area contributed by atoms with Crippen LogP contribution < -0.4 is 10.1 Å². The van der Waals surface area contributed by atoms with Gasteiger partial charge in [0.25, 0.3) is 5.91 Å². The molecule has 1 amide bonds. The first kappa shape index (κ1) is 15.6. The third-order valence-corrected chi connectivity index (χ3v) is 3.64. The molecule has 5 heteroatoms. The molecular formula is C16H19BrN2O2. The van der Waals surface area contributed by atoms with Crippen LogP contribution in [0.2, 0.25) is 0 Å². The molecule has 2 aromatic rings. The van der Waals surface area contributed by atoms with Gasteiger partial charge in [-0.15, -0.1) is 0 Å². The lowest BCUT2D eigenvalue weighted by Gasteiger charge is -2.14. The highest BCUT2D eigenvalue weighted by atomic mass is 79.9. The number of rotatable bonds is 4. The van der Waals surface area contributed by atoms with E-state index in [1.807, 2.05) is 55.8 Å². The van der Waals surface area contributed by atoms with Gasteiger partial charge in [-0.1, -0.05) is 6.07 Å². The Morgan fingerprint density at radius 1 is 1.33 bits per heavy atom. The van der Waals surface area contributed by atoms with Gasteiger partial charge in [0.1, 0.15) is 11.4 Å². The highest BCUT2D eigenvalue weighted by molar-refractivity contribution is 9.10. The topological polar surface area (TPSA) is 43.3 Å². The molecule has 0 atom stereocenters. The van der Waals surface area contributed by atoms with Gasteiger partial charge in [-0.05, 0) is 60.5 Å². The van der Waals surface area contributed by atoms with Gasteiger partial charge in [-0.2, -0.15) is 0 Å². The minimum absolute atomic E-state index is 0.154. The van der Waals surface area contributed by atoms with Crippen LogP contribution in [-0.2, 0) is 0 Å². The molecule has 0 aliphatic carbocycles. The molecule has 4 nitrogen and oxygen atoms in total. The molecule has 0 fully saturated rings. The van der Waals surface area contributed by atoms with Gasteiger partial charge < -0.3 is 14.6 Å². The first-order valence-corrected chi connectivity index (χ1v) is 7.55. The smallest absolute Gasteiger partial charge is 0.272 e. The number of nitrogens with zero attached hydrogens (tertiary/aromatic N) is 1. The maximum Gasteiger partial charge on any atom is 0.272 e. The van der Waals surface area contributed by atoms with Gasteiger partial charge in [0.2, 0.25) is 0 Å². The van der Waals surface area contributed by atoms with Crippen LogP contribution in [0.5, 0.6) is 5.75 Å². The van der Waals surface area contributed by atoms with Gasteiger partial charge >= 0.3 is 0 Å². The summed E-state index contributed by atoms with van der Waals surface area (Å²) in [5.74, 6) is 0.494. The van der Waals surface area contributed by atoms with Crippen molar-refractivity contribution in [1.29, 1.82) is 0 Å². The second kappa shape index (κ2) is 6.35. The Hall–Kier alpha value is -1.75. The van der Waals surface area contributed by atoms with E-state index >= 15 is 0 Å². The molecule has 21 heavy (non-hydrogen) atoms. The number of aromatic nitrogens is 1. The van der Waals surface area contributed by atoms with E-state index in [9.17, 15) is 4.79 Å². The van der Waals surface area contributed by atoms with Crippen molar-refractivity contribution in [1.82, 2.24) is 4.57 Å². The summed E-state index contributed by atoms with van der Waals surface area (Å²) in [6, 6.07) is 7.72. The fourth-order valence-electron chi connectivity index (χ4n) is 2.16. The first-order chi connectivity index (χ1) is 9.92. The van der Waals surface area contributed by atoms with Crippen molar-refractivity contribution in [3.05, 3.63) is 46.2 Å². The minimum Gasteiger partial charge on any atom is -0.495 e. The molecule has 0 saturated carbocycles. The van der Waals surface area contributed by atoms with E-state index in [1.54, 1.807) is 7.11 Å². The Morgan fingerprint density at radius 3 is 2.67 bits per heavy atom. The monoisotopic (exact) mass is 350 g/mol. The average molecular weight is 351 g/mol. The molecule has 0 bridgehead atoms. The Kier molecular flexibility index (Phi) is 4.73. The molecule has 2 rings (SSSR count). The van der Waals surface area contributed by atoms with E-state index in [-0.39, 0.29) is 11.9 Å². The van der Waals surface area contributed by atoms with E-state index < -0.39 is 0 Å². The quantitative estimate of drug-likeness (QED) is 0.887. The summed E-state index contributed by atoms with van der Waals surface area (Å²) in [5.41, 5.74) is 2.35. The number of carbonyl (C=O) groups is 1. The highest BCUT2D eigenvalue weighted by Gasteiger charge is 2.16. The Balaban J connectivity index is 2.32. The number of hydrogen-bond donors (Lipinski definition) is 1. The van der Waals surface area contributed by atoms with Crippen molar-refractivity contribution in [2.75, 3.05) is 12.4 Å². The molecule has 0 radical (unpaired) electrons. The SMILES string of the molecule is COc1ccc(C)cc1NC(=O)c1cc(Br)cn1C(C)C. The number of halogens is 1. The van der Waals surface area contributed by atoms with Crippen LogP contribution >= 0.6 is 15.9 Å². The van der Waals surface area contributed by atoms with E-state index in [0.717, 1.165) is 10.0 Å². The zero-order valence-corrected chi connectivity index (χ0v) is 14.2. The van der Waals surface area contributed by atoms with E-state index in [4.69, 9.17) is 4.74 Å². The maximum atomic E-state index is 12.5. The van der Waals surface area contributed by atoms with Crippen LogP contribution in [-0.4, -0.2) is 17.6 Å². The van der Waals surface area contributed by atoms with Gasteiger partial charge in [0, 0.05) is 16.7 Å². The predicted molar refractivity (Wildman–Crippen MR) is 88.2 cm³/mol. The zero-order chi connectivity index (χ0) is 15.6. The minimum atomic E-state index is -0.154. The number of carbonyl (C=O) groups excluding carboxylic acids is 1. The predicted octanol–water partition coefficient (Wildman–Crippen LogP) is 4.40. The van der Waals surface area contributed by atoms with Gasteiger partial charge in [0.15, 0.2) is 0 Å². The summed E-state index contributed by atoms with van der Waals surface area (Å²) >= 11 is 3.42. The number of nitrogens with one attached hydrogen (secondary N) is 1. The molecule has 0 aliphatic heterocycles. The third-order valence-electron chi connectivity index (χ3n) is 3.21. The molecule has 1 heterocycles. The molecular weight excluding hydrogens is 332 g/mol. The van der Waals surface area contributed by atoms with Gasteiger partial charge in [-0.25, -0.2) is 0 Å². The number of methoxy groups -OCH3 is 1. The molecule has 1 aromatic heterocycles. The van der Waals surface area contributed by atoms with Crippen molar-refractivity contribution in [3.8, 4) is 5.75 Å². The van der Waals surface area contributed by atoms with Crippen LogP contribution in [0.1, 0.15) is 35.9 Å². The fraction of sp³-hybridized carbons (Fsp3) is 0.312. The van der Waals surface area contributed by atoms with Crippen LogP contribution in [0.4, 0.5) is 5.69 Å². The summed E-state index contributed by atoms with van der Waals surface area (Å²) in [5, 5.41) is 2.92. The molecule has 0 spiro atoms. The van der Waals surface area contributed by atoms with Crippen molar-refractivity contribution >= 4 is 27.5 Å². The number of hydrogen-bond acceptors (Lipinski definition) is 2. The lowest BCUT2D eigenvalue weighted by Crippen LogP contribution is -2.18. The van der Waals surface area contributed by atoms with Gasteiger partial charge in [0.05, 0.1) is 12.8 Å². The van der Waals surface area contributed by atoms with E-state index in [1.165, 1.54) is 0 Å². The molecule has 0 saturated heterocycles. The van der Waals surface area contributed by atoms with Crippen molar-refractivity contribution in [2.45, 2.75) is 26.8 Å². The van der Waals surface area contributed by atoms with Crippen LogP contribution in [0.3, 0.4) is 0 Å². The number of amides is 1. The Morgan fingerprint density at radius 2 is 2.05 bits per heavy atom. The Bertz CT molecular complexity index is 662. The molecule has 0 aliphatic rings. The fourth-order valence-corrected chi connectivity index (χ4v) is 2.60. The summed E-state index contributed by atoms with van der Waals surface area (Å²) in [6.07, 6.45) is 1.91. The van der Waals surface area contributed by atoms with Crippen LogP contribution in [0, 0.1) is 6.92 Å². The summed E-state index contributed by atoms with van der Waals surface area (Å²) in [4.78, 5) is 12.5. The van der Waals surface area contributed by atoms with Crippen molar-refractivity contribution in [2.24, 2.45) is 0 Å². The maximum absolute atomic E-state index is 12.5. The second-order valence-electron chi connectivity index (χ2n) is 5.20. The second-order valence-corrected chi connectivity index (χ2v) is 6.12. The van der Waals surface area contributed by atoms with Crippen molar-refractivity contribution in [3.63, 3.8) is 0 Å². The lowest BCUT2D eigenvalue weighted by molar-refractivity contribution is 0.101. The Labute approximate surface area is 133 Å². The summed E-state index contributed by atoms with van der Waals surface area (Å²) < 4.78 is 8.11. The highest BCUT2D eigenvalue weighted by Crippen LogP contribution is 2.27. The molecule has 1 aromatic carbocycles. The van der Waals surface area contributed by atoms with Crippen molar-refractivity contribution < 1.29 is 9.53 Å². The first-order valence-electron chi connectivity index (χ1n) is 6.75. The third kappa shape index (κ3) is 3.47. The number of aryl methyl sites for hydroxylation is 1. The average Bonchev–Trinajstić information content (AvgIpc) is 2.81. The van der Waals surface area contributed by atoms with Crippen LogP contribution in [0.15, 0.2) is 34.9 Å². The summed E-state index contributed by atoms with van der Waals surface area (Å²) in [6.45, 7) is 6.05. The summed E-state index contributed by atoms with van der Waals surface area (Å²) in [7, 11) is 1.59. The largest absolute Gasteiger partial charge is 0.495 e. The molecule has 1 N–H and O–H groups in total. The van der Waals surface area contributed by atoms with Crippen LogP contribution in [0.25, 0.3) is 0 Å².